The van der Waals surface area contributed by atoms with Gasteiger partial charge in [0.15, 0.2) is 5.25 Å². The van der Waals surface area contributed by atoms with E-state index in [-0.39, 0.29) is 17.8 Å². The molecule has 0 aliphatic heterocycles. The van der Waals surface area contributed by atoms with Gasteiger partial charge in [0.2, 0.25) is 15.9 Å². The van der Waals surface area contributed by atoms with Crippen LogP contribution in [0.4, 0.5) is 4.39 Å². The maximum Gasteiger partial charge on any atom is 0.241 e. The zero-order chi connectivity index (χ0) is 17.3. The Labute approximate surface area is 136 Å². The summed E-state index contributed by atoms with van der Waals surface area (Å²) in [7, 11) is -0.689. The third kappa shape index (κ3) is 3.72. The highest BCUT2D eigenvalue weighted by Crippen LogP contribution is 2.43. The van der Waals surface area contributed by atoms with Crippen molar-refractivity contribution in [2.75, 3.05) is 20.6 Å². The number of nitrogens with zero attached hydrogens (tertiary/aromatic N) is 1. The van der Waals surface area contributed by atoms with Crippen LogP contribution in [-0.4, -0.2) is 45.1 Å². The molecule has 0 heterocycles. The van der Waals surface area contributed by atoms with E-state index < -0.39 is 21.2 Å². The fourth-order valence-corrected chi connectivity index (χ4v) is 4.04. The van der Waals surface area contributed by atoms with Crippen LogP contribution >= 0.6 is 0 Å². The predicted molar refractivity (Wildman–Crippen MR) is 87.0 cm³/mol. The number of nitrogens with one attached hydrogen (secondary N) is 1. The van der Waals surface area contributed by atoms with Gasteiger partial charge >= 0.3 is 0 Å². The Kier molecular flexibility index (Phi) is 5.10. The molecule has 1 fully saturated rings. The van der Waals surface area contributed by atoms with Gasteiger partial charge in [0.05, 0.1) is 0 Å². The van der Waals surface area contributed by atoms with Crippen LogP contribution < -0.4 is 4.72 Å². The average molecular weight is 342 g/mol. The standard InChI is InChI=1S/C16H23FN2O3S/c1-12(15(20)19(2)3)23(21,22)18-11-16(9-4-10-16)13-5-7-14(17)8-6-13/h5-8,12,18H,4,9-11H2,1-3H3/t12-/m1/s1. The van der Waals surface area contributed by atoms with E-state index in [1.807, 2.05) is 0 Å². The van der Waals surface area contributed by atoms with Crippen molar-refractivity contribution in [1.29, 1.82) is 0 Å². The van der Waals surface area contributed by atoms with Gasteiger partial charge in [-0.25, -0.2) is 17.5 Å². The van der Waals surface area contributed by atoms with Crippen molar-refractivity contribution in [2.45, 2.75) is 36.9 Å². The van der Waals surface area contributed by atoms with E-state index in [0.29, 0.717) is 0 Å². The topological polar surface area (TPSA) is 66.5 Å². The van der Waals surface area contributed by atoms with Crippen LogP contribution in [0.15, 0.2) is 24.3 Å². The first kappa shape index (κ1) is 17.9. The predicted octanol–water partition coefficient (Wildman–Crippen LogP) is 1.64. The van der Waals surface area contributed by atoms with Gasteiger partial charge in [-0.1, -0.05) is 18.6 Å². The summed E-state index contributed by atoms with van der Waals surface area (Å²) in [5, 5.41) is -1.14. The fraction of sp³-hybridized carbons (Fsp3) is 0.562. The van der Waals surface area contributed by atoms with E-state index in [1.54, 1.807) is 12.1 Å². The molecule has 0 spiro atoms. The third-order valence-electron chi connectivity index (χ3n) is 4.63. The highest BCUT2D eigenvalue weighted by Gasteiger charge is 2.40. The normalized spacial score (nSPS) is 18.1. The zero-order valence-electron chi connectivity index (χ0n) is 13.7. The molecular formula is C16H23FN2O3S. The Bertz CT molecular complexity index is 667. The summed E-state index contributed by atoms with van der Waals surface area (Å²) in [5.41, 5.74) is 0.626. The first-order valence-corrected chi connectivity index (χ1v) is 9.18. The van der Waals surface area contributed by atoms with Crippen LogP contribution in [0.25, 0.3) is 0 Å². The van der Waals surface area contributed by atoms with Crippen LogP contribution in [0, 0.1) is 5.82 Å². The van der Waals surface area contributed by atoms with Gasteiger partial charge in [-0.3, -0.25) is 4.79 Å². The number of rotatable bonds is 6. The lowest BCUT2D eigenvalue weighted by molar-refractivity contribution is -0.127. The lowest BCUT2D eigenvalue weighted by Gasteiger charge is -2.42. The Morgan fingerprint density at radius 2 is 1.87 bits per heavy atom. The quantitative estimate of drug-likeness (QED) is 0.855. The number of hydrogen-bond donors (Lipinski definition) is 1. The first-order chi connectivity index (χ1) is 10.7. The van der Waals surface area contributed by atoms with Crippen LogP contribution in [0.3, 0.4) is 0 Å². The van der Waals surface area contributed by atoms with Gasteiger partial charge < -0.3 is 4.90 Å². The molecule has 0 aromatic heterocycles. The van der Waals surface area contributed by atoms with E-state index in [2.05, 4.69) is 4.72 Å². The molecule has 1 aliphatic rings. The monoisotopic (exact) mass is 342 g/mol. The van der Waals surface area contributed by atoms with E-state index in [4.69, 9.17) is 0 Å². The summed E-state index contributed by atoms with van der Waals surface area (Å²) in [6, 6.07) is 6.19. The molecule has 23 heavy (non-hydrogen) atoms. The number of sulfonamides is 1. The highest BCUT2D eigenvalue weighted by atomic mass is 32.2. The molecule has 1 aromatic carbocycles. The second-order valence-electron chi connectivity index (χ2n) is 6.38. The van der Waals surface area contributed by atoms with Gasteiger partial charge in [-0.15, -0.1) is 0 Å². The molecule has 0 bridgehead atoms. The summed E-state index contributed by atoms with van der Waals surface area (Å²) in [4.78, 5) is 13.1. The number of halogens is 1. The molecule has 128 valence electrons. The second kappa shape index (κ2) is 6.57. The number of carbonyl (C=O) groups is 1. The summed E-state index contributed by atoms with van der Waals surface area (Å²) in [6.07, 6.45) is 2.69. The smallest absolute Gasteiger partial charge is 0.241 e. The van der Waals surface area contributed by atoms with Gasteiger partial charge in [0.1, 0.15) is 5.82 Å². The minimum Gasteiger partial charge on any atom is -0.348 e. The van der Waals surface area contributed by atoms with Crippen LogP contribution in [0.1, 0.15) is 31.7 Å². The lowest BCUT2D eigenvalue weighted by Crippen LogP contribution is -2.49. The molecule has 1 saturated carbocycles. The first-order valence-electron chi connectivity index (χ1n) is 7.64. The minimum absolute atomic E-state index is 0.228. The third-order valence-corrected chi connectivity index (χ3v) is 6.31. The minimum atomic E-state index is -3.75. The lowest BCUT2D eigenvalue weighted by atomic mass is 9.64. The van der Waals surface area contributed by atoms with Crippen molar-refractivity contribution in [1.82, 2.24) is 9.62 Å². The van der Waals surface area contributed by atoms with Gasteiger partial charge in [0.25, 0.3) is 0 Å². The van der Waals surface area contributed by atoms with Crippen molar-refractivity contribution in [3.8, 4) is 0 Å². The highest BCUT2D eigenvalue weighted by molar-refractivity contribution is 7.90. The molecule has 1 aromatic rings. The van der Waals surface area contributed by atoms with Crippen molar-refractivity contribution in [2.24, 2.45) is 0 Å². The number of hydrogen-bond acceptors (Lipinski definition) is 3. The molecule has 1 atom stereocenters. The summed E-state index contributed by atoms with van der Waals surface area (Å²) >= 11 is 0. The Morgan fingerprint density at radius 3 is 2.30 bits per heavy atom. The summed E-state index contributed by atoms with van der Waals surface area (Å²) in [5.74, 6) is -0.768. The Balaban J connectivity index is 2.11. The maximum absolute atomic E-state index is 13.1. The van der Waals surface area contributed by atoms with Gasteiger partial charge in [-0.2, -0.15) is 0 Å². The van der Waals surface area contributed by atoms with E-state index in [0.717, 1.165) is 24.8 Å². The van der Waals surface area contributed by atoms with Gasteiger partial charge in [0, 0.05) is 26.1 Å². The molecule has 0 saturated heterocycles. The number of carbonyl (C=O) groups excluding carboxylic acids is 1. The van der Waals surface area contributed by atoms with Crippen LogP contribution in [-0.2, 0) is 20.2 Å². The molecule has 1 amide bonds. The molecule has 5 nitrogen and oxygen atoms in total. The van der Waals surface area contributed by atoms with Crippen LogP contribution in [0.2, 0.25) is 0 Å². The molecule has 1 N–H and O–H groups in total. The maximum atomic E-state index is 13.1. The van der Waals surface area contributed by atoms with Crippen molar-refractivity contribution >= 4 is 15.9 Å². The molecular weight excluding hydrogens is 319 g/mol. The Morgan fingerprint density at radius 1 is 1.30 bits per heavy atom. The Hall–Kier alpha value is -1.47. The molecule has 2 rings (SSSR count). The summed E-state index contributed by atoms with van der Waals surface area (Å²) < 4.78 is 40.3. The van der Waals surface area contributed by atoms with E-state index in [9.17, 15) is 17.6 Å². The van der Waals surface area contributed by atoms with E-state index in [1.165, 1.54) is 38.1 Å². The van der Waals surface area contributed by atoms with Crippen molar-refractivity contribution in [3.63, 3.8) is 0 Å². The van der Waals surface area contributed by atoms with Crippen molar-refractivity contribution < 1.29 is 17.6 Å². The zero-order valence-corrected chi connectivity index (χ0v) is 14.5. The molecule has 1 aliphatic carbocycles. The SMILES string of the molecule is C[C@H](C(=O)N(C)C)S(=O)(=O)NCC1(c2ccc(F)cc2)CCC1. The largest absolute Gasteiger partial charge is 0.348 e. The van der Waals surface area contributed by atoms with Gasteiger partial charge in [-0.05, 0) is 37.5 Å². The molecule has 0 radical (unpaired) electrons. The number of amides is 1. The molecule has 7 heteroatoms. The number of benzene rings is 1. The second-order valence-corrected chi connectivity index (χ2v) is 8.47. The summed E-state index contributed by atoms with van der Waals surface area (Å²) in [6.45, 7) is 1.61. The fourth-order valence-electron chi connectivity index (χ4n) is 2.83. The van der Waals surface area contributed by atoms with Crippen molar-refractivity contribution in [3.05, 3.63) is 35.6 Å². The van der Waals surface area contributed by atoms with Crippen LogP contribution in [0.5, 0.6) is 0 Å². The average Bonchev–Trinajstić information content (AvgIpc) is 2.46. The molecule has 0 unspecified atom stereocenters. The van der Waals surface area contributed by atoms with E-state index >= 15 is 0 Å².